The van der Waals surface area contributed by atoms with Crippen LogP contribution in [0.4, 0.5) is 0 Å². The molecule has 2 rings (SSSR count). The average molecular weight is 199 g/mol. The van der Waals surface area contributed by atoms with Gasteiger partial charge in [0.15, 0.2) is 12.0 Å². The first-order valence-electron chi connectivity index (χ1n) is 3.48. The fraction of sp³-hybridized carbons (Fsp3) is 0. The fourth-order valence-corrected chi connectivity index (χ4v) is 1.13. The number of hydrogen-bond donors (Lipinski definition) is 1. The summed E-state index contributed by atoms with van der Waals surface area (Å²) in [5.74, 6) is -0.100. The molecule has 0 radical (unpaired) electrons. The third kappa shape index (κ3) is 1.38. The molecule has 1 heterocycles. The summed E-state index contributed by atoms with van der Waals surface area (Å²) in [4.78, 5) is 10.3. The van der Waals surface area contributed by atoms with Crippen LogP contribution >= 0.6 is 12.4 Å². The molecule has 0 spiro atoms. The van der Waals surface area contributed by atoms with E-state index in [1.54, 1.807) is 24.3 Å². The number of para-hydroxylation sites is 1. The van der Waals surface area contributed by atoms with E-state index in [0.717, 1.165) is 0 Å². The van der Waals surface area contributed by atoms with E-state index in [1.807, 2.05) is 0 Å². The number of aldehydes is 1. The zero-order valence-corrected chi connectivity index (χ0v) is 7.38. The molecular weight excluding hydrogens is 192 g/mol. The van der Waals surface area contributed by atoms with E-state index in [1.165, 1.54) is 0 Å². The molecule has 1 aromatic heterocycles. The minimum absolute atomic E-state index is 0. The molecule has 68 valence electrons. The lowest BCUT2D eigenvalue weighted by Crippen LogP contribution is -1.70. The average Bonchev–Trinajstić information content (AvgIpc) is 2.44. The van der Waals surface area contributed by atoms with Crippen LogP contribution in [-0.2, 0) is 0 Å². The smallest absolute Gasteiger partial charge is 0.209 e. The number of hydrogen-bond acceptors (Lipinski definition) is 3. The zero-order chi connectivity index (χ0) is 8.55. The Balaban J connectivity index is 0.000000845. The molecule has 0 bridgehead atoms. The van der Waals surface area contributed by atoms with Crippen LogP contribution in [0.2, 0.25) is 0 Å². The lowest BCUT2D eigenvalue weighted by molar-refractivity contribution is 0.109. The number of halogens is 1. The van der Waals surface area contributed by atoms with E-state index >= 15 is 0 Å². The van der Waals surface area contributed by atoms with Crippen molar-refractivity contribution in [3.63, 3.8) is 0 Å². The van der Waals surface area contributed by atoms with E-state index in [-0.39, 0.29) is 23.9 Å². The number of rotatable bonds is 1. The van der Waals surface area contributed by atoms with Gasteiger partial charge in [0.1, 0.15) is 5.58 Å². The first-order valence-corrected chi connectivity index (χ1v) is 3.48. The quantitative estimate of drug-likeness (QED) is 0.716. The van der Waals surface area contributed by atoms with Gasteiger partial charge in [-0.2, -0.15) is 0 Å². The van der Waals surface area contributed by atoms with Gasteiger partial charge in [-0.3, -0.25) is 4.79 Å². The Morgan fingerprint density at radius 1 is 1.31 bits per heavy atom. The van der Waals surface area contributed by atoms with Gasteiger partial charge in [-0.1, -0.05) is 12.1 Å². The SMILES string of the molecule is Cl.O=Cc1oc2ccccc2c1O. The molecule has 0 unspecified atom stereocenters. The molecule has 2 aromatic rings. The predicted octanol–water partition coefficient (Wildman–Crippen LogP) is 2.37. The normalized spacial score (nSPS) is 9.54. The summed E-state index contributed by atoms with van der Waals surface area (Å²) in [6.07, 6.45) is 0.495. The summed E-state index contributed by atoms with van der Waals surface area (Å²) in [7, 11) is 0. The van der Waals surface area contributed by atoms with Crippen molar-refractivity contribution in [1.82, 2.24) is 0 Å². The summed E-state index contributed by atoms with van der Waals surface area (Å²) < 4.78 is 5.03. The van der Waals surface area contributed by atoms with Crippen LogP contribution in [0.3, 0.4) is 0 Å². The molecule has 4 heteroatoms. The van der Waals surface area contributed by atoms with Crippen LogP contribution in [0, 0.1) is 0 Å². The molecular formula is C9H7ClO3. The summed E-state index contributed by atoms with van der Waals surface area (Å²) in [5, 5.41) is 9.93. The van der Waals surface area contributed by atoms with Crippen LogP contribution < -0.4 is 0 Å². The molecule has 0 amide bonds. The summed E-state index contributed by atoms with van der Waals surface area (Å²) in [6.45, 7) is 0. The molecule has 0 saturated carbocycles. The maximum Gasteiger partial charge on any atom is 0.209 e. The van der Waals surface area contributed by atoms with Crippen molar-refractivity contribution in [2.75, 3.05) is 0 Å². The summed E-state index contributed by atoms with van der Waals surface area (Å²) >= 11 is 0. The van der Waals surface area contributed by atoms with Gasteiger partial charge in [0.05, 0.1) is 5.39 Å². The van der Waals surface area contributed by atoms with Crippen molar-refractivity contribution in [2.24, 2.45) is 0 Å². The molecule has 1 N–H and O–H groups in total. The summed E-state index contributed by atoms with van der Waals surface area (Å²) in [6, 6.07) is 6.94. The van der Waals surface area contributed by atoms with Gasteiger partial charge < -0.3 is 9.52 Å². The van der Waals surface area contributed by atoms with E-state index in [2.05, 4.69) is 0 Å². The Bertz CT molecular complexity index is 433. The first kappa shape index (κ1) is 9.61. The lowest BCUT2D eigenvalue weighted by Gasteiger charge is -1.84. The minimum atomic E-state index is -0.0828. The number of carbonyl (C=O) groups is 1. The van der Waals surface area contributed by atoms with Gasteiger partial charge in [0, 0.05) is 0 Å². The van der Waals surface area contributed by atoms with E-state index in [0.29, 0.717) is 17.3 Å². The fourth-order valence-electron chi connectivity index (χ4n) is 1.13. The van der Waals surface area contributed by atoms with Crippen LogP contribution in [-0.4, -0.2) is 11.4 Å². The van der Waals surface area contributed by atoms with Gasteiger partial charge in [-0.05, 0) is 12.1 Å². The Hall–Kier alpha value is -1.48. The lowest BCUT2D eigenvalue weighted by atomic mass is 10.2. The van der Waals surface area contributed by atoms with Crippen molar-refractivity contribution in [3.05, 3.63) is 30.0 Å². The number of carbonyl (C=O) groups excluding carboxylic acids is 1. The molecule has 0 aliphatic heterocycles. The molecule has 0 atom stereocenters. The van der Waals surface area contributed by atoms with Crippen molar-refractivity contribution in [1.29, 1.82) is 0 Å². The standard InChI is InChI=1S/C9H6O3.ClH/c10-5-8-9(11)6-3-1-2-4-7(6)12-8;/h1-5,11H;1H. The second-order valence-corrected chi connectivity index (χ2v) is 2.43. The minimum Gasteiger partial charge on any atom is -0.504 e. The number of aromatic hydroxyl groups is 1. The van der Waals surface area contributed by atoms with Gasteiger partial charge >= 0.3 is 0 Å². The zero-order valence-electron chi connectivity index (χ0n) is 6.56. The Morgan fingerprint density at radius 2 is 2.00 bits per heavy atom. The highest BCUT2D eigenvalue weighted by atomic mass is 35.5. The van der Waals surface area contributed by atoms with Crippen LogP contribution in [0.5, 0.6) is 5.75 Å². The van der Waals surface area contributed by atoms with Gasteiger partial charge in [0.25, 0.3) is 0 Å². The Kier molecular flexibility index (Phi) is 2.58. The van der Waals surface area contributed by atoms with Crippen molar-refractivity contribution < 1.29 is 14.3 Å². The van der Waals surface area contributed by atoms with Gasteiger partial charge in [0.2, 0.25) is 5.76 Å². The van der Waals surface area contributed by atoms with Crippen molar-refractivity contribution >= 4 is 29.7 Å². The molecule has 0 aliphatic carbocycles. The number of benzene rings is 1. The van der Waals surface area contributed by atoms with Gasteiger partial charge in [-0.25, -0.2) is 0 Å². The van der Waals surface area contributed by atoms with Crippen molar-refractivity contribution in [2.45, 2.75) is 0 Å². The maximum absolute atomic E-state index is 10.3. The Morgan fingerprint density at radius 3 is 2.62 bits per heavy atom. The first-order chi connectivity index (χ1) is 5.83. The Labute approximate surface area is 80.4 Å². The predicted molar refractivity (Wildman–Crippen MR) is 50.5 cm³/mol. The molecule has 13 heavy (non-hydrogen) atoms. The van der Waals surface area contributed by atoms with Crippen LogP contribution in [0.15, 0.2) is 28.7 Å². The third-order valence-corrected chi connectivity index (χ3v) is 1.70. The maximum atomic E-state index is 10.3. The number of furan rings is 1. The second-order valence-electron chi connectivity index (χ2n) is 2.43. The van der Waals surface area contributed by atoms with Crippen molar-refractivity contribution in [3.8, 4) is 5.75 Å². The topological polar surface area (TPSA) is 50.4 Å². The third-order valence-electron chi connectivity index (χ3n) is 1.70. The number of fused-ring (bicyclic) bond motifs is 1. The molecule has 3 nitrogen and oxygen atoms in total. The highest BCUT2D eigenvalue weighted by Gasteiger charge is 2.10. The van der Waals surface area contributed by atoms with Crippen LogP contribution in [0.1, 0.15) is 10.6 Å². The monoisotopic (exact) mass is 198 g/mol. The van der Waals surface area contributed by atoms with E-state index < -0.39 is 0 Å². The molecule has 0 fully saturated rings. The van der Waals surface area contributed by atoms with Crippen LogP contribution in [0.25, 0.3) is 11.0 Å². The highest BCUT2D eigenvalue weighted by molar-refractivity contribution is 5.92. The van der Waals surface area contributed by atoms with Gasteiger partial charge in [-0.15, -0.1) is 12.4 Å². The largest absolute Gasteiger partial charge is 0.504 e. The molecule has 1 aromatic carbocycles. The summed E-state index contributed by atoms with van der Waals surface area (Å²) in [5.41, 5.74) is 0.525. The molecule has 0 saturated heterocycles. The highest BCUT2D eigenvalue weighted by Crippen LogP contribution is 2.29. The van der Waals surface area contributed by atoms with E-state index in [9.17, 15) is 9.90 Å². The molecule has 0 aliphatic rings. The second kappa shape index (κ2) is 3.49. The van der Waals surface area contributed by atoms with E-state index in [4.69, 9.17) is 4.42 Å².